The first-order valence-corrected chi connectivity index (χ1v) is 8.90. The Bertz CT molecular complexity index is 847. The molecule has 0 fully saturated rings. The second-order valence-electron chi connectivity index (χ2n) is 5.98. The highest BCUT2D eigenvalue weighted by atomic mass is 32.1. The topological polar surface area (TPSA) is 64.1 Å². The lowest BCUT2D eigenvalue weighted by Gasteiger charge is -2.09. The summed E-state index contributed by atoms with van der Waals surface area (Å²) in [5.74, 6) is 0.304. The van der Waals surface area contributed by atoms with Crippen molar-refractivity contribution in [3.8, 4) is 21.8 Å². The Morgan fingerprint density at radius 3 is 2.84 bits per heavy atom. The highest BCUT2D eigenvalue weighted by molar-refractivity contribution is 7.13. The van der Waals surface area contributed by atoms with Gasteiger partial charge in [-0.15, -0.1) is 11.3 Å². The summed E-state index contributed by atoms with van der Waals surface area (Å²) in [5.41, 5.74) is 3.48. The summed E-state index contributed by atoms with van der Waals surface area (Å²) in [6.07, 6.45) is 3.09. The van der Waals surface area contributed by atoms with Crippen LogP contribution in [0, 0.1) is 5.92 Å². The predicted octanol–water partition coefficient (Wildman–Crippen LogP) is 5.08. The molecular formula is C19H19N3O2S. The number of benzene rings is 1. The molecule has 0 saturated carbocycles. The van der Waals surface area contributed by atoms with Gasteiger partial charge in [0.25, 0.3) is 0 Å². The second kappa shape index (κ2) is 7.90. The molecule has 2 aromatic heterocycles. The number of thiazole rings is 1. The van der Waals surface area contributed by atoms with Crippen molar-refractivity contribution in [3.05, 3.63) is 54.2 Å². The summed E-state index contributed by atoms with van der Waals surface area (Å²) in [5, 5.41) is 5.66. The largest absolute Gasteiger partial charge is 0.449 e. The Morgan fingerprint density at radius 1 is 1.24 bits per heavy atom. The minimum absolute atomic E-state index is 0.304. The third kappa shape index (κ3) is 4.64. The number of nitrogens with one attached hydrogen (secondary N) is 1. The van der Waals surface area contributed by atoms with Gasteiger partial charge in [-0.25, -0.2) is 9.78 Å². The summed E-state index contributed by atoms with van der Waals surface area (Å²) < 4.78 is 5.14. The van der Waals surface area contributed by atoms with E-state index >= 15 is 0 Å². The molecular weight excluding hydrogens is 334 g/mol. The summed E-state index contributed by atoms with van der Waals surface area (Å²) in [4.78, 5) is 20.6. The van der Waals surface area contributed by atoms with Gasteiger partial charge in [0.1, 0.15) is 5.01 Å². The second-order valence-corrected chi connectivity index (χ2v) is 6.84. The first-order chi connectivity index (χ1) is 12.1. The van der Waals surface area contributed by atoms with Crippen molar-refractivity contribution < 1.29 is 9.53 Å². The number of hydrogen-bond acceptors (Lipinski definition) is 5. The van der Waals surface area contributed by atoms with Crippen LogP contribution in [0.3, 0.4) is 0 Å². The molecule has 2 heterocycles. The van der Waals surface area contributed by atoms with Gasteiger partial charge in [0.15, 0.2) is 0 Å². The fraction of sp³-hybridized carbons (Fsp3) is 0.211. The van der Waals surface area contributed by atoms with Gasteiger partial charge in [-0.2, -0.15) is 0 Å². The van der Waals surface area contributed by atoms with Crippen molar-refractivity contribution in [2.24, 2.45) is 5.92 Å². The van der Waals surface area contributed by atoms with E-state index in [9.17, 15) is 4.79 Å². The molecule has 6 heteroatoms. The molecule has 128 valence electrons. The number of anilines is 1. The van der Waals surface area contributed by atoms with Crippen LogP contribution in [0.1, 0.15) is 13.8 Å². The van der Waals surface area contributed by atoms with Crippen LogP contribution in [0.15, 0.2) is 54.2 Å². The number of aromatic nitrogens is 2. The Balaban J connectivity index is 1.74. The number of amides is 1. The van der Waals surface area contributed by atoms with Crippen LogP contribution in [-0.4, -0.2) is 22.7 Å². The lowest BCUT2D eigenvalue weighted by molar-refractivity contribution is 0.147. The zero-order valence-electron chi connectivity index (χ0n) is 14.1. The van der Waals surface area contributed by atoms with Gasteiger partial charge in [-0.1, -0.05) is 26.0 Å². The maximum Gasteiger partial charge on any atom is 0.411 e. The van der Waals surface area contributed by atoms with Crippen LogP contribution in [0.2, 0.25) is 0 Å². The van der Waals surface area contributed by atoms with E-state index < -0.39 is 6.09 Å². The standard InChI is InChI=1S/C19H19N3O2S/c1-13(2)11-24-19(23)21-16-7-3-5-14(9-16)17-12-25-18(22-17)15-6-4-8-20-10-15/h3-10,12-13H,11H2,1-2H3,(H,21,23). The molecule has 0 aliphatic carbocycles. The Kier molecular flexibility index (Phi) is 5.40. The molecule has 0 bridgehead atoms. The molecule has 0 saturated heterocycles. The number of ether oxygens (including phenoxy) is 1. The molecule has 1 aromatic carbocycles. The Hall–Kier alpha value is -2.73. The summed E-state index contributed by atoms with van der Waals surface area (Å²) in [7, 11) is 0. The Morgan fingerprint density at radius 2 is 2.08 bits per heavy atom. The van der Waals surface area contributed by atoms with Crippen LogP contribution in [-0.2, 0) is 4.74 Å². The predicted molar refractivity (Wildman–Crippen MR) is 101 cm³/mol. The number of pyridine rings is 1. The van der Waals surface area contributed by atoms with Crippen LogP contribution in [0.25, 0.3) is 21.8 Å². The number of carbonyl (C=O) groups excluding carboxylic acids is 1. The fourth-order valence-corrected chi connectivity index (χ4v) is 3.00. The van der Waals surface area contributed by atoms with Crippen molar-refractivity contribution >= 4 is 23.1 Å². The third-order valence-electron chi connectivity index (χ3n) is 3.37. The highest BCUT2D eigenvalue weighted by Gasteiger charge is 2.09. The molecule has 1 N–H and O–H groups in total. The van der Waals surface area contributed by atoms with E-state index in [1.807, 2.05) is 55.6 Å². The molecule has 1 amide bonds. The molecule has 0 unspecified atom stereocenters. The van der Waals surface area contributed by atoms with E-state index in [4.69, 9.17) is 4.74 Å². The van der Waals surface area contributed by atoms with Gasteiger partial charge in [-0.3, -0.25) is 10.3 Å². The van der Waals surface area contributed by atoms with E-state index in [1.165, 1.54) is 0 Å². The molecule has 0 aliphatic heterocycles. The van der Waals surface area contributed by atoms with Crippen molar-refractivity contribution in [1.29, 1.82) is 0 Å². The summed E-state index contributed by atoms with van der Waals surface area (Å²) >= 11 is 1.57. The van der Waals surface area contributed by atoms with E-state index in [0.717, 1.165) is 21.8 Å². The minimum Gasteiger partial charge on any atom is -0.449 e. The van der Waals surface area contributed by atoms with Crippen LogP contribution < -0.4 is 5.32 Å². The first-order valence-electron chi connectivity index (χ1n) is 8.02. The lowest BCUT2D eigenvalue weighted by atomic mass is 10.1. The average molecular weight is 353 g/mol. The number of rotatable bonds is 5. The summed E-state index contributed by atoms with van der Waals surface area (Å²) in [6.45, 7) is 4.39. The summed E-state index contributed by atoms with van der Waals surface area (Å²) in [6, 6.07) is 11.4. The molecule has 0 atom stereocenters. The monoisotopic (exact) mass is 353 g/mol. The van der Waals surface area contributed by atoms with Crippen LogP contribution in [0.4, 0.5) is 10.5 Å². The highest BCUT2D eigenvalue weighted by Crippen LogP contribution is 2.29. The molecule has 25 heavy (non-hydrogen) atoms. The van der Waals surface area contributed by atoms with Crippen molar-refractivity contribution in [2.75, 3.05) is 11.9 Å². The molecule has 0 radical (unpaired) electrons. The first kappa shape index (κ1) is 17.1. The molecule has 0 spiro atoms. The zero-order valence-corrected chi connectivity index (χ0v) is 14.9. The number of nitrogens with zero attached hydrogens (tertiary/aromatic N) is 2. The third-order valence-corrected chi connectivity index (χ3v) is 4.26. The van der Waals surface area contributed by atoms with Gasteiger partial charge < -0.3 is 4.74 Å². The minimum atomic E-state index is -0.444. The van der Waals surface area contributed by atoms with Crippen molar-refractivity contribution in [3.63, 3.8) is 0 Å². The van der Waals surface area contributed by atoms with Gasteiger partial charge in [0.2, 0.25) is 0 Å². The zero-order chi connectivity index (χ0) is 17.6. The number of carbonyl (C=O) groups is 1. The SMILES string of the molecule is CC(C)COC(=O)Nc1cccc(-c2csc(-c3cccnc3)n2)c1. The van der Waals surface area contributed by atoms with E-state index in [-0.39, 0.29) is 0 Å². The normalized spacial score (nSPS) is 10.7. The quantitative estimate of drug-likeness (QED) is 0.695. The number of hydrogen-bond donors (Lipinski definition) is 1. The van der Waals surface area contributed by atoms with Crippen LogP contribution >= 0.6 is 11.3 Å². The molecule has 0 aliphatic rings. The average Bonchev–Trinajstić information content (AvgIpc) is 3.11. The van der Waals surface area contributed by atoms with Gasteiger partial charge in [0.05, 0.1) is 12.3 Å². The van der Waals surface area contributed by atoms with Crippen molar-refractivity contribution in [1.82, 2.24) is 9.97 Å². The van der Waals surface area contributed by atoms with Crippen molar-refractivity contribution in [2.45, 2.75) is 13.8 Å². The molecule has 3 aromatic rings. The maximum absolute atomic E-state index is 11.8. The van der Waals surface area contributed by atoms with Gasteiger partial charge in [0, 0.05) is 34.6 Å². The van der Waals surface area contributed by atoms with E-state index in [2.05, 4.69) is 15.3 Å². The Labute approximate surface area is 150 Å². The fourth-order valence-electron chi connectivity index (χ4n) is 2.18. The molecule has 3 rings (SSSR count). The molecule has 5 nitrogen and oxygen atoms in total. The lowest BCUT2D eigenvalue weighted by Crippen LogP contribution is -2.16. The van der Waals surface area contributed by atoms with Crippen LogP contribution in [0.5, 0.6) is 0 Å². The van der Waals surface area contributed by atoms with Gasteiger partial charge >= 0.3 is 6.09 Å². The van der Waals surface area contributed by atoms with E-state index in [1.54, 1.807) is 23.7 Å². The van der Waals surface area contributed by atoms with Gasteiger partial charge in [-0.05, 0) is 30.2 Å². The van der Waals surface area contributed by atoms with E-state index in [0.29, 0.717) is 18.2 Å². The maximum atomic E-state index is 11.8. The smallest absolute Gasteiger partial charge is 0.411 e.